The van der Waals surface area contributed by atoms with E-state index in [4.69, 9.17) is 5.73 Å². The summed E-state index contributed by atoms with van der Waals surface area (Å²) in [6.45, 7) is 2.24. The summed E-state index contributed by atoms with van der Waals surface area (Å²) in [5.74, 6) is -0.524. The first-order valence-corrected chi connectivity index (χ1v) is 10.0. The molecular formula is C17H28ClN3O3S. The van der Waals surface area contributed by atoms with Gasteiger partial charge in [0.15, 0.2) is 0 Å². The van der Waals surface area contributed by atoms with Gasteiger partial charge in [-0.25, -0.2) is 13.1 Å². The maximum atomic E-state index is 12.3. The first kappa shape index (κ1) is 21.9. The molecule has 0 radical (unpaired) electrons. The summed E-state index contributed by atoms with van der Waals surface area (Å²) in [5, 5.41) is 2.72. The van der Waals surface area contributed by atoms with E-state index in [9.17, 15) is 13.2 Å². The van der Waals surface area contributed by atoms with E-state index in [1.807, 2.05) is 37.3 Å². The van der Waals surface area contributed by atoms with E-state index in [0.29, 0.717) is 0 Å². The van der Waals surface area contributed by atoms with Crippen LogP contribution in [0.3, 0.4) is 0 Å². The largest absolute Gasteiger partial charge is 0.355 e. The Labute approximate surface area is 156 Å². The van der Waals surface area contributed by atoms with Gasteiger partial charge in [-0.1, -0.05) is 43.2 Å². The van der Waals surface area contributed by atoms with Crippen molar-refractivity contribution in [3.05, 3.63) is 35.9 Å². The van der Waals surface area contributed by atoms with Gasteiger partial charge in [-0.05, 0) is 25.3 Å². The molecule has 4 N–H and O–H groups in total. The number of sulfonamides is 1. The van der Waals surface area contributed by atoms with Gasteiger partial charge in [0.2, 0.25) is 15.9 Å². The van der Waals surface area contributed by atoms with E-state index in [2.05, 4.69) is 10.0 Å². The highest BCUT2D eigenvalue weighted by molar-refractivity contribution is 7.89. The Balaban J connectivity index is 0.00000312. The monoisotopic (exact) mass is 389 g/mol. The van der Waals surface area contributed by atoms with Crippen LogP contribution in [0.1, 0.15) is 38.2 Å². The lowest BCUT2D eigenvalue weighted by atomic mass is 9.74. The maximum absolute atomic E-state index is 12.3. The Morgan fingerprint density at radius 2 is 1.96 bits per heavy atom. The third-order valence-electron chi connectivity index (χ3n) is 4.58. The van der Waals surface area contributed by atoms with E-state index in [1.54, 1.807) is 0 Å². The van der Waals surface area contributed by atoms with Crippen LogP contribution in [0.5, 0.6) is 0 Å². The quantitative estimate of drug-likeness (QED) is 0.658. The zero-order valence-corrected chi connectivity index (χ0v) is 16.2. The highest BCUT2D eigenvalue weighted by Crippen LogP contribution is 2.31. The summed E-state index contributed by atoms with van der Waals surface area (Å²) in [6.07, 6.45) is 3.61. The summed E-state index contributed by atoms with van der Waals surface area (Å²) in [4.78, 5) is 12.3. The molecular weight excluding hydrogens is 362 g/mol. The maximum Gasteiger partial charge on any atom is 0.224 e. The number of halogens is 1. The number of amides is 1. The van der Waals surface area contributed by atoms with Gasteiger partial charge in [0, 0.05) is 18.6 Å². The summed E-state index contributed by atoms with van der Waals surface area (Å²) >= 11 is 0. The zero-order valence-electron chi connectivity index (χ0n) is 14.5. The van der Waals surface area contributed by atoms with Crippen molar-refractivity contribution in [2.75, 3.05) is 12.3 Å². The molecule has 2 atom stereocenters. The molecule has 2 rings (SSSR count). The molecule has 1 amide bonds. The molecule has 1 aliphatic carbocycles. The molecule has 1 fully saturated rings. The molecule has 0 aromatic heterocycles. The average molecular weight is 390 g/mol. The third-order valence-corrected chi connectivity index (χ3v) is 5.91. The van der Waals surface area contributed by atoms with Crippen molar-refractivity contribution in [2.45, 2.75) is 44.7 Å². The fraction of sp³-hybridized carbons (Fsp3) is 0.588. The lowest BCUT2D eigenvalue weighted by Gasteiger charge is -2.37. The Kier molecular flexibility index (Phi) is 8.34. The van der Waals surface area contributed by atoms with Crippen LogP contribution in [0.2, 0.25) is 0 Å². The van der Waals surface area contributed by atoms with Crippen LogP contribution >= 0.6 is 12.4 Å². The fourth-order valence-electron chi connectivity index (χ4n) is 3.08. The number of benzene rings is 1. The molecule has 8 heteroatoms. The van der Waals surface area contributed by atoms with Crippen LogP contribution in [0.25, 0.3) is 0 Å². The summed E-state index contributed by atoms with van der Waals surface area (Å²) in [7, 11) is -3.43. The SMILES string of the molecule is CC1(N)CCCCC1C(=O)NCCS(=O)(=O)NCc1ccccc1.Cl. The van der Waals surface area contributed by atoms with Crippen LogP contribution in [0.4, 0.5) is 0 Å². The number of hydrogen-bond donors (Lipinski definition) is 3. The van der Waals surface area contributed by atoms with Gasteiger partial charge >= 0.3 is 0 Å². The molecule has 0 saturated heterocycles. The van der Waals surface area contributed by atoms with Crippen LogP contribution < -0.4 is 15.8 Å². The second-order valence-corrected chi connectivity index (χ2v) is 8.65. The van der Waals surface area contributed by atoms with Gasteiger partial charge in [0.05, 0.1) is 11.7 Å². The Hall–Kier alpha value is -1.15. The van der Waals surface area contributed by atoms with Gasteiger partial charge in [-0.3, -0.25) is 4.79 Å². The topological polar surface area (TPSA) is 101 Å². The van der Waals surface area contributed by atoms with Crippen LogP contribution in [-0.4, -0.2) is 32.2 Å². The summed E-state index contributed by atoms with van der Waals surface area (Å²) < 4.78 is 26.5. The number of carbonyl (C=O) groups is 1. The third kappa shape index (κ3) is 6.93. The minimum atomic E-state index is -3.43. The molecule has 1 aromatic carbocycles. The Morgan fingerprint density at radius 1 is 1.28 bits per heavy atom. The second kappa shape index (κ2) is 9.52. The zero-order chi connectivity index (χ0) is 17.6. The minimum Gasteiger partial charge on any atom is -0.355 e. The van der Waals surface area contributed by atoms with Crippen molar-refractivity contribution >= 4 is 28.3 Å². The van der Waals surface area contributed by atoms with Gasteiger partial charge in [0.1, 0.15) is 0 Å². The van der Waals surface area contributed by atoms with E-state index in [0.717, 1.165) is 31.2 Å². The highest BCUT2D eigenvalue weighted by Gasteiger charge is 2.37. The fourth-order valence-corrected chi connectivity index (χ4v) is 3.98. The van der Waals surface area contributed by atoms with Gasteiger partial charge in [-0.15, -0.1) is 12.4 Å². The lowest BCUT2D eigenvalue weighted by molar-refractivity contribution is -0.127. The molecule has 142 valence electrons. The smallest absolute Gasteiger partial charge is 0.224 e. The summed E-state index contributed by atoms with van der Waals surface area (Å²) in [6, 6.07) is 9.31. The number of rotatable bonds is 7. The van der Waals surface area contributed by atoms with Crippen LogP contribution in [0.15, 0.2) is 30.3 Å². The van der Waals surface area contributed by atoms with E-state index in [-0.39, 0.29) is 43.1 Å². The molecule has 25 heavy (non-hydrogen) atoms. The van der Waals surface area contributed by atoms with Crippen molar-refractivity contribution in [3.8, 4) is 0 Å². The van der Waals surface area contributed by atoms with Gasteiger partial charge < -0.3 is 11.1 Å². The molecule has 6 nitrogen and oxygen atoms in total. The van der Waals surface area contributed by atoms with Crippen molar-refractivity contribution in [1.29, 1.82) is 0 Å². The van der Waals surface area contributed by atoms with E-state index >= 15 is 0 Å². The number of nitrogens with two attached hydrogens (primary N) is 1. The predicted octanol–water partition coefficient (Wildman–Crippen LogP) is 1.55. The minimum absolute atomic E-state index is 0. The highest BCUT2D eigenvalue weighted by atomic mass is 35.5. The molecule has 0 bridgehead atoms. The number of nitrogens with one attached hydrogen (secondary N) is 2. The number of carbonyl (C=O) groups excluding carboxylic acids is 1. The first-order valence-electron chi connectivity index (χ1n) is 8.38. The second-order valence-electron chi connectivity index (χ2n) is 6.72. The lowest BCUT2D eigenvalue weighted by Crippen LogP contribution is -2.53. The molecule has 0 heterocycles. The normalized spacial score (nSPS) is 23.5. The molecule has 2 unspecified atom stereocenters. The molecule has 0 spiro atoms. The van der Waals surface area contributed by atoms with Crippen molar-refractivity contribution in [2.24, 2.45) is 11.7 Å². The molecule has 1 saturated carbocycles. The molecule has 0 aliphatic heterocycles. The van der Waals surface area contributed by atoms with Gasteiger partial charge in [0.25, 0.3) is 0 Å². The summed E-state index contributed by atoms with van der Waals surface area (Å²) in [5.41, 5.74) is 6.59. The predicted molar refractivity (Wildman–Crippen MR) is 102 cm³/mol. The van der Waals surface area contributed by atoms with Crippen LogP contribution in [0, 0.1) is 5.92 Å². The first-order chi connectivity index (χ1) is 11.3. The average Bonchev–Trinajstić information content (AvgIpc) is 2.53. The van der Waals surface area contributed by atoms with Crippen molar-refractivity contribution in [3.63, 3.8) is 0 Å². The Morgan fingerprint density at radius 3 is 2.60 bits per heavy atom. The van der Waals surface area contributed by atoms with E-state index in [1.165, 1.54) is 0 Å². The molecule has 1 aromatic rings. The Bertz CT molecular complexity index is 650. The van der Waals surface area contributed by atoms with Crippen LogP contribution in [-0.2, 0) is 21.4 Å². The van der Waals surface area contributed by atoms with E-state index < -0.39 is 15.6 Å². The van der Waals surface area contributed by atoms with Crippen molar-refractivity contribution < 1.29 is 13.2 Å². The number of hydrogen-bond acceptors (Lipinski definition) is 4. The standard InChI is InChI=1S/C17H27N3O3S.ClH/c1-17(18)10-6-5-9-15(17)16(21)19-11-12-24(22,23)20-13-14-7-3-2-4-8-14;/h2-4,7-8,15,20H,5-6,9-13,18H2,1H3,(H,19,21);1H. The van der Waals surface area contributed by atoms with Crippen molar-refractivity contribution in [1.82, 2.24) is 10.0 Å². The molecule has 1 aliphatic rings. The van der Waals surface area contributed by atoms with Gasteiger partial charge in [-0.2, -0.15) is 0 Å².